The van der Waals surface area contributed by atoms with Crippen molar-refractivity contribution in [3.63, 3.8) is 0 Å². The lowest BCUT2D eigenvalue weighted by Crippen LogP contribution is -2.00. The van der Waals surface area contributed by atoms with Crippen LogP contribution < -0.4 is 0 Å². The van der Waals surface area contributed by atoms with Crippen LogP contribution in [0.3, 0.4) is 0 Å². The summed E-state index contributed by atoms with van der Waals surface area (Å²) < 4.78 is 1.86. The molecule has 0 amide bonds. The third-order valence-corrected chi connectivity index (χ3v) is 3.89. The molecule has 0 bridgehead atoms. The van der Waals surface area contributed by atoms with E-state index < -0.39 is 5.97 Å². The molecule has 0 aliphatic carbocycles. The van der Waals surface area contributed by atoms with Crippen molar-refractivity contribution in [2.45, 2.75) is 10.2 Å². The van der Waals surface area contributed by atoms with E-state index >= 15 is 0 Å². The number of fused-ring (bicyclic) bond motifs is 1. The number of hydrogen-bond donors (Lipinski definition) is 1. The van der Waals surface area contributed by atoms with Crippen molar-refractivity contribution in [3.05, 3.63) is 48.3 Å². The van der Waals surface area contributed by atoms with Crippen LogP contribution in [0.1, 0.15) is 10.4 Å². The number of carboxylic acids is 1. The normalized spacial score (nSPS) is 10.8. The summed E-state index contributed by atoms with van der Waals surface area (Å²) in [6.45, 7) is 0. The van der Waals surface area contributed by atoms with Gasteiger partial charge in [-0.25, -0.2) is 14.8 Å². The summed E-state index contributed by atoms with van der Waals surface area (Å²) in [6, 6.07) is 8.81. The molecule has 2 heterocycles. The molecule has 3 rings (SSSR count). The van der Waals surface area contributed by atoms with Crippen molar-refractivity contribution in [1.82, 2.24) is 14.5 Å². The fourth-order valence-corrected chi connectivity index (χ4v) is 2.75. The van der Waals surface area contributed by atoms with E-state index in [9.17, 15) is 9.90 Å². The molecule has 0 saturated carbocycles. The summed E-state index contributed by atoms with van der Waals surface area (Å²) in [5.74, 6) is -0.953. The molecular formula is C14H11N3O2S. The maximum atomic E-state index is 11.4. The first kappa shape index (κ1) is 12.7. The Balaban J connectivity index is 2.12. The Labute approximate surface area is 119 Å². The van der Waals surface area contributed by atoms with Crippen LogP contribution in [-0.2, 0) is 7.05 Å². The molecule has 1 aromatic carbocycles. The van der Waals surface area contributed by atoms with E-state index in [4.69, 9.17) is 0 Å². The highest BCUT2D eigenvalue weighted by molar-refractivity contribution is 7.99. The fraction of sp³-hybridized carbons (Fsp3) is 0.0714. The van der Waals surface area contributed by atoms with E-state index in [1.807, 2.05) is 36.0 Å². The monoisotopic (exact) mass is 285 g/mol. The minimum atomic E-state index is -0.953. The standard InChI is InChI=1S/C14H11N3O2S/c1-17-7-6-15-14(17)20-12-8-10(13(18)19)9-4-2-3-5-11(9)16-12/h2-8H,1H3,(H,18,19). The van der Waals surface area contributed by atoms with Crippen molar-refractivity contribution < 1.29 is 9.90 Å². The number of benzene rings is 1. The summed E-state index contributed by atoms with van der Waals surface area (Å²) >= 11 is 1.34. The van der Waals surface area contributed by atoms with E-state index in [0.717, 1.165) is 5.16 Å². The molecule has 0 saturated heterocycles. The maximum Gasteiger partial charge on any atom is 0.336 e. The fourth-order valence-electron chi connectivity index (χ4n) is 1.92. The molecular weight excluding hydrogens is 274 g/mol. The van der Waals surface area contributed by atoms with Crippen LogP contribution in [0.25, 0.3) is 10.9 Å². The molecule has 6 heteroatoms. The van der Waals surface area contributed by atoms with Crippen molar-refractivity contribution in [1.29, 1.82) is 0 Å². The molecule has 0 spiro atoms. The van der Waals surface area contributed by atoms with Gasteiger partial charge in [0.15, 0.2) is 5.16 Å². The van der Waals surface area contributed by atoms with Gasteiger partial charge in [0.1, 0.15) is 5.03 Å². The zero-order valence-electron chi connectivity index (χ0n) is 10.6. The summed E-state index contributed by atoms with van der Waals surface area (Å²) in [5.41, 5.74) is 0.927. The van der Waals surface area contributed by atoms with E-state index in [0.29, 0.717) is 15.9 Å². The van der Waals surface area contributed by atoms with Crippen LogP contribution in [0, 0.1) is 0 Å². The first-order valence-corrected chi connectivity index (χ1v) is 6.75. The van der Waals surface area contributed by atoms with Gasteiger partial charge in [0, 0.05) is 24.8 Å². The smallest absolute Gasteiger partial charge is 0.336 e. The number of carboxylic acid groups (broad SMARTS) is 1. The largest absolute Gasteiger partial charge is 0.478 e. The summed E-state index contributed by atoms with van der Waals surface area (Å²) in [5, 5.41) is 11.4. The Bertz CT molecular complexity index is 798. The second-order valence-corrected chi connectivity index (χ2v) is 5.24. The molecule has 20 heavy (non-hydrogen) atoms. The van der Waals surface area contributed by atoms with Gasteiger partial charge in [-0.2, -0.15) is 0 Å². The molecule has 0 atom stereocenters. The number of rotatable bonds is 3. The average molecular weight is 285 g/mol. The van der Waals surface area contributed by atoms with Gasteiger partial charge in [0.25, 0.3) is 0 Å². The average Bonchev–Trinajstić information content (AvgIpc) is 2.83. The summed E-state index contributed by atoms with van der Waals surface area (Å²) in [4.78, 5) is 20.1. The van der Waals surface area contributed by atoms with Crippen molar-refractivity contribution in [2.75, 3.05) is 0 Å². The van der Waals surface area contributed by atoms with Gasteiger partial charge in [-0.3, -0.25) is 0 Å². The molecule has 0 aliphatic heterocycles. The number of pyridine rings is 1. The SMILES string of the molecule is Cn1ccnc1Sc1cc(C(=O)O)c2ccccc2n1. The van der Waals surface area contributed by atoms with Crippen molar-refractivity contribution in [2.24, 2.45) is 7.05 Å². The lowest BCUT2D eigenvalue weighted by molar-refractivity contribution is 0.0698. The summed E-state index contributed by atoms with van der Waals surface area (Å²) in [6.07, 6.45) is 3.53. The first-order valence-electron chi connectivity index (χ1n) is 5.93. The van der Waals surface area contributed by atoms with Gasteiger partial charge >= 0.3 is 5.97 Å². The second-order valence-electron chi connectivity index (χ2n) is 4.25. The zero-order chi connectivity index (χ0) is 14.1. The van der Waals surface area contributed by atoms with Crippen molar-refractivity contribution in [3.8, 4) is 0 Å². The van der Waals surface area contributed by atoms with Gasteiger partial charge in [0.05, 0.1) is 11.1 Å². The number of aromatic carboxylic acids is 1. The van der Waals surface area contributed by atoms with Gasteiger partial charge < -0.3 is 9.67 Å². The minimum Gasteiger partial charge on any atom is -0.478 e. The van der Waals surface area contributed by atoms with Crippen LogP contribution in [0.4, 0.5) is 0 Å². The first-order chi connectivity index (χ1) is 9.65. The predicted octanol–water partition coefficient (Wildman–Crippen LogP) is 2.82. The summed E-state index contributed by atoms with van der Waals surface area (Å²) in [7, 11) is 1.88. The van der Waals surface area contributed by atoms with Crippen LogP contribution >= 0.6 is 11.8 Å². The quantitative estimate of drug-likeness (QED) is 0.801. The Morgan fingerprint density at radius 2 is 2.15 bits per heavy atom. The molecule has 0 aliphatic rings. The van der Waals surface area contributed by atoms with Crippen molar-refractivity contribution >= 4 is 28.6 Å². The Morgan fingerprint density at radius 3 is 2.85 bits per heavy atom. The molecule has 2 aromatic heterocycles. The lowest BCUT2D eigenvalue weighted by Gasteiger charge is -2.06. The highest BCUT2D eigenvalue weighted by Gasteiger charge is 2.13. The third-order valence-electron chi connectivity index (χ3n) is 2.90. The number of aromatic nitrogens is 3. The molecule has 3 aromatic rings. The topological polar surface area (TPSA) is 68.0 Å². The number of imidazole rings is 1. The Kier molecular flexibility index (Phi) is 3.15. The minimum absolute atomic E-state index is 0.257. The van der Waals surface area contributed by atoms with Gasteiger partial charge in [-0.1, -0.05) is 18.2 Å². The molecule has 5 nitrogen and oxygen atoms in total. The predicted molar refractivity (Wildman–Crippen MR) is 76.0 cm³/mol. The molecule has 0 fully saturated rings. The number of aryl methyl sites for hydroxylation is 1. The van der Waals surface area contributed by atoms with Crippen LogP contribution in [-0.4, -0.2) is 25.6 Å². The van der Waals surface area contributed by atoms with Crippen LogP contribution in [0.15, 0.2) is 52.9 Å². The van der Waals surface area contributed by atoms with E-state index in [1.54, 1.807) is 18.3 Å². The maximum absolute atomic E-state index is 11.4. The van der Waals surface area contributed by atoms with E-state index in [1.165, 1.54) is 11.8 Å². The Morgan fingerprint density at radius 1 is 1.35 bits per heavy atom. The molecule has 100 valence electrons. The second kappa shape index (κ2) is 4.97. The van der Waals surface area contributed by atoms with Gasteiger partial charge in [0.2, 0.25) is 0 Å². The van der Waals surface area contributed by atoms with E-state index in [2.05, 4.69) is 9.97 Å². The Hall–Kier alpha value is -2.34. The number of para-hydroxylation sites is 1. The van der Waals surface area contributed by atoms with Gasteiger partial charge in [-0.15, -0.1) is 0 Å². The molecule has 0 unspecified atom stereocenters. The zero-order valence-corrected chi connectivity index (χ0v) is 11.5. The lowest BCUT2D eigenvalue weighted by atomic mass is 10.1. The highest BCUT2D eigenvalue weighted by atomic mass is 32.2. The molecule has 1 N–H and O–H groups in total. The number of carbonyl (C=O) groups is 1. The number of hydrogen-bond acceptors (Lipinski definition) is 4. The van der Waals surface area contributed by atoms with Crippen LogP contribution in [0.2, 0.25) is 0 Å². The van der Waals surface area contributed by atoms with Crippen LogP contribution in [0.5, 0.6) is 0 Å². The van der Waals surface area contributed by atoms with Gasteiger partial charge in [-0.05, 0) is 23.9 Å². The molecule has 0 radical (unpaired) electrons. The van der Waals surface area contributed by atoms with E-state index in [-0.39, 0.29) is 5.56 Å². The number of nitrogens with zero attached hydrogens (tertiary/aromatic N) is 3. The highest BCUT2D eigenvalue weighted by Crippen LogP contribution is 2.28. The third kappa shape index (κ3) is 2.25.